The van der Waals surface area contributed by atoms with Crippen LogP contribution in [-0.2, 0) is 11.8 Å². The summed E-state index contributed by atoms with van der Waals surface area (Å²) in [6.07, 6.45) is -8.18. The van der Waals surface area contributed by atoms with Crippen LogP contribution >= 0.6 is 0 Å². The molecular formula is C24H29F3N2O4. The van der Waals surface area contributed by atoms with Crippen LogP contribution < -0.4 is 15.4 Å². The molecule has 0 fully saturated rings. The summed E-state index contributed by atoms with van der Waals surface area (Å²) < 4.78 is 45.1. The fourth-order valence-corrected chi connectivity index (χ4v) is 4.07. The summed E-state index contributed by atoms with van der Waals surface area (Å²) in [5.41, 5.74) is 2.10. The van der Waals surface area contributed by atoms with E-state index < -0.39 is 41.4 Å². The van der Waals surface area contributed by atoms with Crippen molar-refractivity contribution in [3.05, 3.63) is 58.1 Å². The van der Waals surface area contributed by atoms with Crippen molar-refractivity contribution < 1.29 is 32.9 Å². The van der Waals surface area contributed by atoms with Crippen LogP contribution in [0.2, 0.25) is 0 Å². The maximum Gasteiger partial charge on any atom is 0.418 e. The van der Waals surface area contributed by atoms with Gasteiger partial charge in [0.15, 0.2) is 6.10 Å². The van der Waals surface area contributed by atoms with E-state index >= 15 is 0 Å². The minimum absolute atomic E-state index is 0.0121. The summed E-state index contributed by atoms with van der Waals surface area (Å²) in [7, 11) is 1.17. The number of aliphatic hydroxyl groups is 2. The summed E-state index contributed by atoms with van der Waals surface area (Å²) in [6, 6.07) is 7.00. The van der Waals surface area contributed by atoms with Gasteiger partial charge < -0.3 is 25.6 Å². The highest BCUT2D eigenvalue weighted by Gasteiger charge is 2.42. The molecule has 2 aromatic carbocycles. The minimum Gasteiger partial charge on any atom is -0.494 e. The average molecular weight is 467 g/mol. The lowest BCUT2D eigenvalue weighted by Crippen LogP contribution is -2.40. The van der Waals surface area contributed by atoms with Crippen molar-refractivity contribution in [3.8, 4) is 5.75 Å². The van der Waals surface area contributed by atoms with Gasteiger partial charge in [0.2, 0.25) is 0 Å². The fraction of sp³-hybridized carbons (Fsp3) is 0.458. The molecule has 1 aliphatic rings. The molecule has 0 saturated heterocycles. The number of methoxy groups -OCH3 is 1. The van der Waals surface area contributed by atoms with Gasteiger partial charge in [-0.05, 0) is 53.1 Å². The van der Waals surface area contributed by atoms with Crippen LogP contribution in [-0.4, -0.2) is 35.6 Å². The maximum absolute atomic E-state index is 13.3. The van der Waals surface area contributed by atoms with Gasteiger partial charge in [-0.15, -0.1) is 0 Å². The number of hydrogen-bond donors (Lipinski definition) is 4. The number of alkyl halides is 3. The highest BCUT2D eigenvalue weighted by Crippen LogP contribution is 2.43. The first-order valence-corrected chi connectivity index (χ1v) is 10.5. The van der Waals surface area contributed by atoms with Crippen LogP contribution in [0.1, 0.15) is 60.8 Å². The molecule has 0 saturated carbocycles. The lowest BCUT2D eigenvalue weighted by atomic mass is 9.84. The monoisotopic (exact) mass is 466 g/mol. The van der Waals surface area contributed by atoms with E-state index in [4.69, 9.17) is 4.74 Å². The molecule has 1 aliphatic carbocycles. The molecule has 3 rings (SSSR count). The Morgan fingerprint density at radius 2 is 1.88 bits per heavy atom. The Kier molecular flexibility index (Phi) is 6.68. The first kappa shape index (κ1) is 24.9. The lowest BCUT2D eigenvalue weighted by Gasteiger charge is -2.26. The summed E-state index contributed by atoms with van der Waals surface area (Å²) in [5, 5.41) is 25.8. The SMILES string of the molecule is COc1c(NC(=O)NC2Cc3c(C)cccc3C2O)cc(C(C)(C)C)cc1C(O)C(F)(F)F. The fourth-order valence-electron chi connectivity index (χ4n) is 4.07. The number of nitrogens with one attached hydrogen (secondary N) is 2. The zero-order valence-electron chi connectivity index (χ0n) is 19.2. The van der Waals surface area contributed by atoms with Crippen molar-refractivity contribution >= 4 is 11.7 Å². The quantitative estimate of drug-likeness (QED) is 0.527. The van der Waals surface area contributed by atoms with Crippen molar-refractivity contribution in [2.24, 2.45) is 0 Å². The number of hydrogen-bond acceptors (Lipinski definition) is 4. The maximum atomic E-state index is 13.3. The van der Waals surface area contributed by atoms with Gasteiger partial charge in [-0.1, -0.05) is 39.0 Å². The number of halogens is 3. The third-order valence-electron chi connectivity index (χ3n) is 5.93. The molecule has 9 heteroatoms. The van der Waals surface area contributed by atoms with E-state index in [1.54, 1.807) is 26.8 Å². The number of rotatable bonds is 4. The molecule has 0 aromatic heterocycles. The van der Waals surface area contributed by atoms with E-state index in [-0.39, 0.29) is 11.4 Å². The van der Waals surface area contributed by atoms with E-state index in [1.165, 1.54) is 19.2 Å². The highest BCUT2D eigenvalue weighted by molar-refractivity contribution is 5.92. The van der Waals surface area contributed by atoms with Gasteiger partial charge in [-0.2, -0.15) is 13.2 Å². The normalized spacial score (nSPS) is 19.1. The standard InChI is InChI=1S/C24H29F3N2O4/c1-12-7-6-8-14-15(12)11-17(19(14)30)28-22(32)29-18-10-13(23(2,3)4)9-16(20(18)33-5)21(31)24(25,26)27/h6-10,17,19,21,30-31H,11H2,1-5H3,(H2,28,29,32). The van der Waals surface area contributed by atoms with E-state index in [1.807, 2.05) is 19.1 Å². The van der Waals surface area contributed by atoms with Gasteiger partial charge in [0.1, 0.15) is 5.75 Å². The first-order chi connectivity index (χ1) is 15.2. The predicted octanol–water partition coefficient (Wildman–Crippen LogP) is 4.68. The largest absolute Gasteiger partial charge is 0.494 e. The van der Waals surface area contributed by atoms with E-state index in [9.17, 15) is 28.2 Å². The topological polar surface area (TPSA) is 90.8 Å². The second-order valence-electron chi connectivity index (χ2n) is 9.34. The molecule has 0 aliphatic heterocycles. The van der Waals surface area contributed by atoms with Gasteiger partial charge in [0, 0.05) is 5.56 Å². The van der Waals surface area contributed by atoms with Gasteiger partial charge >= 0.3 is 12.2 Å². The molecule has 6 nitrogen and oxygen atoms in total. The van der Waals surface area contributed by atoms with Crippen molar-refractivity contribution in [1.29, 1.82) is 0 Å². The number of amides is 2. The van der Waals surface area contributed by atoms with Gasteiger partial charge in [0.05, 0.1) is 24.9 Å². The van der Waals surface area contributed by atoms with Gasteiger partial charge in [-0.3, -0.25) is 0 Å². The zero-order valence-corrected chi connectivity index (χ0v) is 19.2. The van der Waals surface area contributed by atoms with E-state index in [0.29, 0.717) is 12.0 Å². The molecule has 180 valence electrons. The molecule has 2 aromatic rings. The highest BCUT2D eigenvalue weighted by atomic mass is 19.4. The molecule has 0 heterocycles. The molecule has 0 spiro atoms. The van der Waals surface area contributed by atoms with Crippen LogP contribution in [0.15, 0.2) is 30.3 Å². The van der Waals surface area contributed by atoms with Crippen LogP contribution in [0.4, 0.5) is 23.7 Å². The van der Waals surface area contributed by atoms with Gasteiger partial charge in [0.25, 0.3) is 0 Å². The van der Waals surface area contributed by atoms with Crippen molar-refractivity contribution in [2.75, 3.05) is 12.4 Å². The Labute approximate surface area is 190 Å². The Morgan fingerprint density at radius 1 is 1.21 bits per heavy atom. The predicted molar refractivity (Wildman–Crippen MR) is 118 cm³/mol. The number of urea groups is 1. The third kappa shape index (κ3) is 5.09. The van der Waals surface area contributed by atoms with Crippen LogP contribution in [0.5, 0.6) is 5.75 Å². The van der Waals surface area contributed by atoms with Crippen molar-refractivity contribution in [1.82, 2.24) is 5.32 Å². The Balaban J connectivity index is 1.91. The molecule has 0 radical (unpaired) electrons. The van der Waals surface area contributed by atoms with Crippen LogP contribution in [0.3, 0.4) is 0 Å². The van der Waals surface area contributed by atoms with E-state index in [0.717, 1.165) is 16.7 Å². The Bertz CT molecular complexity index is 1050. The molecule has 33 heavy (non-hydrogen) atoms. The molecule has 0 bridgehead atoms. The summed E-state index contributed by atoms with van der Waals surface area (Å²) in [4.78, 5) is 12.8. The van der Waals surface area contributed by atoms with Crippen LogP contribution in [0, 0.1) is 6.92 Å². The Morgan fingerprint density at radius 3 is 2.42 bits per heavy atom. The number of ether oxygens (including phenoxy) is 1. The summed E-state index contributed by atoms with van der Waals surface area (Å²) in [5.74, 6) is -0.283. The summed E-state index contributed by atoms with van der Waals surface area (Å²) in [6.45, 7) is 7.33. The number of carbonyl (C=O) groups excluding carboxylic acids is 1. The molecular weight excluding hydrogens is 437 g/mol. The zero-order chi connectivity index (χ0) is 24.7. The number of aliphatic hydroxyl groups excluding tert-OH is 2. The summed E-state index contributed by atoms with van der Waals surface area (Å²) >= 11 is 0. The molecule has 3 unspecified atom stereocenters. The molecule has 4 N–H and O–H groups in total. The molecule has 2 amide bonds. The average Bonchev–Trinajstić information content (AvgIpc) is 3.02. The third-order valence-corrected chi connectivity index (χ3v) is 5.93. The number of carbonyl (C=O) groups is 1. The van der Waals surface area contributed by atoms with Crippen molar-refractivity contribution in [2.45, 2.75) is 64.0 Å². The number of benzene rings is 2. The number of anilines is 1. The number of aryl methyl sites for hydroxylation is 1. The lowest BCUT2D eigenvalue weighted by molar-refractivity contribution is -0.207. The number of fused-ring (bicyclic) bond motifs is 1. The second kappa shape index (κ2) is 8.87. The second-order valence-corrected chi connectivity index (χ2v) is 9.34. The smallest absolute Gasteiger partial charge is 0.418 e. The van der Waals surface area contributed by atoms with Crippen LogP contribution in [0.25, 0.3) is 0 Å². The Hall–Kier alpha value is -2.78. The molecule has 3 atom stereocenters. The first-order valence-electron chi connectivity index (χ1n) is 10.5. The van der Waals surface area contributed by atoms with E-state index in [2.05, 4.69) is 10.6 Å². The van der Waals surface area contributed by atoms with Crippen molar-refractivity contribution in [3.63, 3.8) is 0 Å². The minimum atomic E-state index is -4.92. The van der Waals surface area contributed by atoms with Gasteiger partial charge in [-0.25, -0.2) is 4.79 Å².